The van der Waals surface area contributed by atoms with Crippen LogP contribution in [0.25, 0.3) is 21.3 Å². The van der Waals surface area contributed by atoms with Crippen molar-refractivity contribution in [3.05, 3.63) is 108 Å². The molecule has 0 amide bonds. The van der Waals surface area contributed by atoms with Crippen LogP contribution in [0.3, 0.4) is 0 Å². The minimum Gasteiger partial charge on any atom is -0.490 e. The van der Waals surface area contributed by atoms with E-state index in [0.29, 0.717) is 24.7 Å². The summed E-state index contributed by atoms with van der Waals surface area (Å²) in [7, 11) is -3.89. The smallest absolute Gasteiger partial charge is 0.241 e. The minimum absolute atomic E-state index is 0.132. The molecule has 1 aliphatic heterocycles. The zero-order valence-electron chi connectivity index (χ0n) is 19.8. The predicted octanol–water partition coefficient (Wildman–Crippen LogP) is 6.19. The maximum absolute atomic E-state index is 13.7. The molecule has 186 valence electrons. The number of rotatable bonds is 6. The third kappa shape index (κ3) is 4.83. The molecule has 0 saturated carbocycles. The van der Waals surface area contributed by atoms with Crippen molar-refractivity contribution in [2.45, 2.75) is 17.4 Å². The highest BCUT2D eigenvalue weighted by Gasteiger charge is 2.26. The Morgan fingerprint density at radius 2 is 1.65 bits per heavy atom. The van der Waals surface area contributed by atoms with Gasteiger partial charge in [-0.05, 0) is 41.3 Å². The summed E-state index contributed by atoms with van der Waals surface area (Å²) in [5.74, 6) is 1.00. The van der Waals surface area contributed by atoms with Gasteiger partial charge in [-0.15, -0.1) is 11.3 Å². The Hall–Kier alpha value is -3.72. The summed E-state index contributed by atoms with van der Waals surface area (Å²) in [4.78, 5) is 5.55. The lowest BCUT2D eigenvalue weighted by molar-refractivity contribution is 0.297. The quantitative estimate of drug-likeness (QED) is 0.284. The molecule has 0 radical (unpaired) electrons. The first-order chi connectivity index (χ1) is 18.1. The molecule has 3 aromatic carbocycles. The normalized spacial score (nSPS) is 14.3. The van der Waals surface area contributed by atoms with E-state index in [1.165, 1.54) is 6.07 Å². The number of aromatic nitrogens is 1. The van der Waals surface area contributed by atoms with Gasteiger partial charge in [-0.3, -0.25) is 4.98 Å². The van der Waals surface area contributed by atoms with Gasteiger partial charge in [-0.2, -0.15) is 4.72 Å². The van der Waals surface area contributed by atoms with Crippen LogP contribution < -0.4 is 14.2 Å². The van der Waals surface area contributed by atoms with E-state index in [0.717, 1.165) is 38.2 Å². The Balaban J connectivity index is 1.42. The SMILES string of the molecule is O=S(=O)(N[C@@H](c1ccccc1)c1cc2cccc(-c3ccccn3)c2s1)c1ccc2c(c1)OCCCO2. The van der Waals surface area contributed by atoms with Crippen molar-refractivity contribution in [1.82, 2.24) is 9.71 Å². The van der Waals surface area contributed by atoms with Gasteiger partial charge in [0.25, 0.3) is 0 Å². The summed E-state index contributed by atoms with van der Waals surface area (Å²) >= 11 is 1.57. The number of benzene rings is 3. The van der Waals surface area contributed by atoms with E-state index in [1.54, 1.807) is 29.7 Å². The molecule has 6 nitrogen and oxygen atoms in total. The largest absolute Gasteiger partial charge is 0.490 e. The first-order valence-electron chi connectivity index (χ1n) is 12.0. The molecular weight excluding hydrogens is 504 g/mol. The molecule has 0 aliphatic carbocycles. The van der Waals surface area contributed by atoms with Crippen LogP contribution in [0.1, 0.15) is 22.9 Å². The molecule has 1 aliphatic rings. The topological polar surface area (TPSA) is 77.5 Å². The van der Waals surface area contributed by atoms with Crippen LogP contribution in [-0.2, 0) is 10.0 Å². The molecule has 0 saturated heterocycles. The van der Waals surface area contributed by atoms with Crippen molar-refractivity contribution in [2.24, 2.45) is 0 Å². The Bertz CT molecular complexity index is 1650. The van der Waals surface area contributed by atoms with Gasteiger partial charge in [0.15, 0.2) is 11.5 Å². The number of hydrogen-bond acceptors (Lipinski definition) is 6. The standard InChI is InChI=1S/C29H24N2O4S2/c32-37(33,22-13-14-25-26(19-22)35-17-7-16-34-25)31-28(20-8-2-1-3-9-20)27-18-21-10-6-11-23(29(21)36-27)24-12-4-5-15-30-24/h1-6,8-15,18-19,28,31H,7,16-17H2/t28-/m0/s1. The molecule has 6 rings (SSSR count). The number of thiophene rings is 1. The molecule has 5 aromatic rings. The van der Waals surface area contributed by atoms with E-state index in [9.17, 15) is 8.42 Å². The molecule has 3 heterocycles. The van der Waals surface area contributed by atoms with Crippen molar-refractivity contribution >= 4 is 31.4 Å². The monoisotopic (exact) mass is 528 g/mol. The molecule has 1 N–H and O–H groups in total. The van der Waals surface area contributed by atoms with Crippen LogP contribution in [0.5, 0.6) is 11.5 Å². The second kappa shape index (κ2) is 9.97. The van der Waals surface area contributed by atoms with Gasteiger partial charge in [0.2, 0.25) is 10.0 Å². The number of nitrogens with one attached hydrogen (secondary N) is 1. The van der Waals surface area contributed by atoms with E-state index in [4.69, 9.17) is 9.47 Å². The van der Waals surface area contributed by atoms with Crippen LogP contribution in [0, 0.1) is 0 Å². The van der Waals surface area contributed by atoms with E-state index >= 15 is 0 Å². The van der Waals surface area contributed by atoms with E-state index in [2.05, 4.69) is 15.8 Å². The average Bonchev–Trinajstić information content (AvgIpc) is 3.23. The molecule has 2 aromatic heterocycles. The lowest BCUT2D eigenvalue weighted by Crippen LogP contribution is -2.29. The van der Waals surface area contributed by atoms with Crippen LogP contribution >= 0.6 is 11.3 Å². The fraction of sp³-hybridized carbons (Fsp3) is 0.138. The van der Waals surface area contributed by atoms with Gasteiger partial charge in [0.1, 0.15) is 0 Å². The third-order valence-corrected chi connectivity index (χ3v) is 8.89. The molecule has 8 heteroatoms. The predicted molar refractivity (Wildman–Crippen MR) is 146 cm³/mol. The van der Waals surface area contributed by atoms with Crippen molar-refractivity contribution in [3.63, 3.8) is 0 Å². The van der Waals surface area contributed by atoms with Crippen molar-refractivity contribution in [2.75, 3.05) is 13.2 Å². The van der Waals surface area contributed by atoms with E-state index in [1.807, 2.05) is 66.7 Å². The number of nitrogens with zero attached hydrogens (tertiary/aromatic N) is 1. The Kier molecular flexibility index (Phi) is 6.38. The summed E-state index contributed by atoms with van der Waals surface area (Å²) in [5.41, 5.74) is 2.75. The Morgan fingerprint density at radius 3 is 2.46 bits per heavy atom. The summed E-state index contributed by atoms with van der Waals surface area (Å²) in [6.07, 6.45) is 2.52. The molecule has 0 unspecified atom stereocenters. The van der Waals surface area contributed by atoms with Crippen LogP contribution in [0.4, 0.5) is 0 Å². The van der Waals surface area contributed by atoms with Gasteiger partial charge < -0.3 is 9.47 Å². The lowest BCUT2D eigenvalue weighted by atomic mass is 10.1. The minimum atomic E-state index is -3.89. The maximum Gasteiger partial charge on any atom is 0.241 e. The zero-order chi connectivity index (χ0) is 25.2. The maximum atomic E-state index is 13.7. The number of sulfonamides is 1. The second-order valence-electron chi connectivity index (χ2n) is 8.71. The van der Waals surface area contributed by atoms with Crippen molar-refractivity contribution in [1.29, 1.82) is 0 Å². The number of ether oxygens (including phenoxy) is 2. The highest BCUT2D eigenvalue weighted by atomic mass is 32.2. The van der Waals surface area contributed by atoms with Crippen LogP contribution in [-0.4, -0.2) is 26.6 Å². The average molecular weight is 529 g/mol. The van der Waals surface area contributed by atoms with Gasteiger partial charge in [0, 0.05) is 33.8 Å². The van der Waals surface area contributed by atoms with Crippen molar-refractivity contribution in [3.8, 4) is 22.8 Å². The molecule has 0 fully saturated rings. The summed E-state index contributed by atoms with van der Waals surface area (Å²) in [6, 6.07) is 27.8. The number of fused-ring (bicyclic) bond motifs is 2. The summed E-state index contributed by atoms with van der Waals surface area (Å²) < 4.78 is 42.7. The molecule has 37 heavy (non-hydrogen) atoms. The number of hydrogen-bond donors (Lipinski definition) is 1. The summed E-state index contributed by atoms with van der Waals surface area (Å²) in [5, 5.41) is 1.04. The van der Waals surface area contributed by atoms with Gasteiger partial charge >= 0.3 is 0 Å². The fourth-order valence-electron chi connectivity index (χ4n) is 4.42. The molecule has 0 spiro atoms. The molecule has 0 bridgehead atoms. The Morgan fingerprint density at radius 1 is 0.838 bits per heavy atom. The van der Waals surface area contributed by atoms with Gasteiger partial charge in [0.05, 0.1) is 29.8 Å². The third-order valence-electron chi connectivity index (χ3n) is 6.22. The zero-order valence-corrected chi connectivity index (χ0v) is 21.5. The lowest BCUT2D eigenvalue weighted by Gasteiger charge is -2.19. The highest BCUT2D eigenvalue weighted by molar-refractivity contribution is 7.89. The first kappa shape index (κ1) is 23.7. The van der Waals surface area contributed by atoms with Gasteiger partial charge in [-0.1, -0.05) is 54.6 Å². The van der Waals surface area contributed by atoms with E-state index in [-0.39, 0.29) is 4.90 Å². The highest BCUT2D eigenvalue weighted by Crippen LogP contribution is 2.39. The van der Waals surface area contributed by atoms with Crippen LogP contribution in [0.2, 0.25) is 0 Å². The van der Waals surface area contributed by atoms with Crippen LogP contribution in [0.15, 0.2) is 102 Å². The van der Waals surface area contributed by atoms with Gasteiger partial charge in [-0.25, -0.2) is 8.42 Å². The molecular formula is C29H24N2O4S2. The second-order valence-corrected chi connectivity index (χ2v) is 11.5. The number of pyridine rings is 1. The Labute approximate surface area is 219 Å². The van der Waals surface area contributed by atoms with Crippen molar-refractivity contribution < 1.29 is 17.9 Å². The first-order valence-corrected chi connectivity index (χ1v) is 14.3. The fourth-order valence-corrected chi connectivity index (χ4v) is 6.97. The summed E-state index contributed by atoms with van der Waals surface area (Å²) in [6.45, 7) is 1.02. The van der Waals surface area contributed by atoms with E-state index < -0.39 is 16.1 Å². The molecule has 1 atom stereocenters.